The van der Waals surface area contributed by atoms with Crippen molar-refractivity contribution in [2.45, 2.75) is 6.54 Å². The number of nitrogens with zero attached hydrogens (tertiary/aromatic N) is 1. The Labute approximate surface area is 95.8 Å². The van der Waals surface area contributed by atoms with Crippen molar-refractivity contribution in [3.05, 3.63) is 33.2 Å². The molecule has 0 N–H and O–H groups in total. The average Bonchev–Trinajstić information content (AvgIpc) is 2.19. The van der Waals surface area contributed by atoms with Gasteiger partial charge in [0.25, 0.3) is 5.56 Å². The molecule has 0 aliphatic carbocycles. The molecule has 5 heteroatoms. The standard InChI is InChI=1S/C9H11BrClNO2/c10-8-2-1-4-12(9(8)13)5-7-14-6-3-11/h1-2,4H,3,5-7H2. The molecule has 1 aromatic heterocycles. The van der Waals surface area contributed by atoms with Crippen molar-refractivity contribution in [1.82, 2.24) is 4.57 Å². The van der Waals surface area contributed by atoms with E-state index in [9.17, 15) is 4.79 Å². The van der Waals surface area contributed by atoms with E-state index in [2.05, 4.69) is 15.9 Å². The molecule has 0 aliphatic rings. The Bertz CT molecular complexity index is 340. The minimum atomic E-state index is -0.0398. The van der Waals surface area contributed by atoms with E-state index in [1.165, 1.54) is 0 Å². The lowest BCUT2D eigenvalue weighted by atomic mass is 10.4. The molecule has 0 saturated carbocycles. The predicted octanol–water partition coefficient (Wildman–Crippen LogP) is 1.87. The quantitative estimate of drug-likeness (QED) is 0.609. The van der Waals surface area contributed by atoms with Crippen molar-refractivity contribution in [3.8, 4) is 0 Å². The zero-order valence-electron chi connectivity index (χ0n) is 7.58. The van der Waals surface area contributed by atoms with Gasteiger partial charge in [0.1, 0.15) is 0 Å². The van der Waals surface area contributed by atoms with Crippen molar-refractivity contribution in [2.24, 2.45) is 0 Å². The zero-order valence-corrected chi connectivity index (χ0v) is 9.92. The third kappa shape index (κ3) is 3.44. The van der Waals surface area contributed by atoms with Gasteiger partial charge in [0.2, 0.25) is 0 Å². The van der Waals surface area contributed by atoms with Crippen LogP contribution in [-0.2, 0) is 11.3 Å². The first-order chi connectivity index (χ1) is 6.75. The van der Waals surface area contributed by atoms with Crippen molar-refractivity contribution < 1.29 is 4.74 Å². The van der Waals surface area contributed by atoms with E-state index in [1.54, 1.807) is 16.8 Å². The van der Waals surface area contributed by atoms with Gasteiger partial charge in [-0.25, -0.2) is 0 Å². The third-order valence-corrected chi connectivity index (χ3v) is 2.43. The molecule has 0 fully saturated rings. The van der Waals surface area contributed by atoms with Crippen LogP contribution >= 0.6 is 27.5 Å². The first-order valence-electron chi connectivity index (χ1n) is 4.24. The maximum absolute atomic E-state index is 11.5. The van der Waals surface area contributed by atoms with Crippen molar-refractivity contribution in [1.29, 1.82) is 0 Å². The van der Waals surface area contributed by atoms with E-state index in [0.717, 1.165) is 0 Å². The maximum Gasteiger partial charge on any atom is 0.264 e. The summed E-state index contributed by atoms with van der Waals surface area (Å²) in [6, 6.07) is 3.53. The van der Waals surface area contributed by atoms with Crippen LogP contribution in [0.5, 0.6) is 0 Å². The van der Waals surface area contributed by atoms with Crippen molar-refractivity contribution in [3.63, 3.8) is 0 Å². The van der Waals surface area contributed by atoms with Crippen LogP contribution in [-0.4, -0.2) is 23.7 Å². The van der Waals surface area contributed by atoms with Crippen molar-refractivity contribution >= 4 is 27.5 Å². The molecule has 0 radical (unpaired) electrons. The Hall–Kier alpha value is -0.320. The molecule has 1 rings (SSSR count). The van der Waals surface area contributed by atoms with E-state index in [1.807, 2.05) is 6.07 Å². The van der Waals surface area contributed by atoms with Gasteiger partial charge in [-0.2, -0.15) is 0 Å². The highest BCUT2D eigenvalue weighted by Gasteiger charge is 1.98. The second-order valence-electron chi connectivity index (χ2n) is 2.66. The van der Waals surface area contributed by atoms with Gasteiger partial charge in [0, 0.05) is 18.6 Å². The molecular weight excluding hydrogens is 269 g/mol. The summed E-state index contributed by atoms with van der Waals surface area (Å²) < 4.78 is 7.34. The van der Waals surface area contributed by atoms with Gasteiger partial charge in [-0.05, 0) is 28.1 Å². The van der Waals surface area contributed by atoms with Crippen LogP contribution < -0.4 is 5.56 Å². The second-order valence-corrected chi connectivity index (χ2v) is 3.89. The smallest absolute Gasteiger partial charge is 0.264 e. The number of pyridine rings is 1. The van der Waals surface area contributed by atoms with E-state index in [4.69, 9.17) is 16.3 Å². The summed E-state index contributed by atoms with van der Waals surface area (Å²) in [5, 5.41) is 0. The Kier molecular flexibility index (Phi) is 5.22. The van der Waals surface area contributed by atoms with Crippen molar-refractivity contribution in [2.75, 3.05) is 19.1 Å². The SMILES string of the molecule is O=c1c(Br)cccn1CCOCCCl. The lowest BCUT2D eigenvalue weighted by molar-refractivity contribution is 0.140. The van der Waals surface area contributed by atoms with Gasteiger partial charge in [-0.15, -0.1) is 11.6 Å². The zero-order chi connectivity index (χ0) is 10.4. The Morgan fingerprint density at radius 1 is 1.50 bits per heavy atom. The molecular formula is C9H11BrClNO2. The highest BCUT2D eigenvalue weighted by atomic mass is 79.9. The average molecular weight is 281 g/mol. The Balaban J connectivity index is 2.51. The molecule has 0 amide bonds. The number of hydrogen-bond donors (Lipinski definition) is 0. The molecule has 14 heavy (non-hydrogen) atoms. The van der Waals surface area contributed by atoms with E-state index in [-0.39, 0.29) is 5.56 Å². The van der Waals surface area contributed by atoms with Gasteiger partial charge >= 0.3 is 0 Å². The molecule has 3 nitrogen and oxygen atoms in total. The largest absolute Gasteiger partial charge is 0.378 e. The molecule has 0 spiro atoms. The topological polar surface area (TPSA) is 31.2 Å². The summed E-state index contributed by atoms with van der Waals surface area (Å²) in [5.74, 6) is 0.480. The number of rotatable bonds is 5. The third-order valence-electron chi connectivity index (χ3n) is 1.67. The minimum Gasteiger partial charge on any atom is -0.378 e. The normalized spacial score (nSPS) is 10.4. The van der Waals surface area contributed by atoms with Gasteiger partial charge < -0.3 is 9.30 Å². The predicted molar refractivity (Wildman–Crippen MR) is 59.9 cm³/mol. The van der Waals surface area contributed by atoms with Crippen LogP contribution in [0.4, 0.5) is 0 Å². The lowest BCUT2D eigenvalue weighted by Gasteiger charge is -2.05. The number of ether oxygens (including phenoxy) is 1. The van der Waals surface area contributed by atoms with Crippen LogP contribution in [0.25, 0.3) is 0 Å². The van der Waals surface area contributed by atoms with Gasteiger partial charge in [-0.1, -0.05) is 0 Å². The molecule has 0 bridgehead atoms. The monoisotopic (exact) mass is 279 g/mol. The minimum absolute atomic E-state index is 0.0398. The summed E-state index contributed by atoms with van der Waals surface area (Å²) in [6.45, 7) is 1.57. The Morgan fingerprint density at radius 3 is 3.00 bits per heavy atom. The fraction of sp³-hybridized carbons (Fsp3) is 0.444. The molecule has 0 unspecified atom stereocenters. The summed E-state index contributed by atoms with van der Waals surface area (Å²) >= 11 is 8.61. The van der Waals surface area contributed by atoms with Gasteiger partial charge in [-0.3, -0.25) is 4.79 Å². The molecule has 0 saturated heterocycles. The van der Waals surface area contributed by atoms with E-state index < -0.39 is 0 Å². The maximum atomic E-state index is 11.5. The first-order valence-corrected chi connectivity index (χ1v) is 5.57. The summed E-state index contributed by atoms with van der Waals surface area (Å²) in [4.78, 5) is 11.5. The highest BCUT2D eigenvalue weighted by molar-refractivity contribution is 9.10. The molecule has 0 atom stereocenters. The van der Waals surface area contributed by atoms with Gasteiger partial charge in [0.05, 0.1) is 17.7 Å². The van der Waals surface area contributed by atoms with Crippen LogP contribution in [0.3, 0.4) is 0 Å². The summed E-state index contributed by atoms with van der Waals surface area (Å²) in [6.07, 6.45) is 1.73. The Morgan fingerprint density at radius 2 is 2.29 bits per heavy atom. The number of halogens is 2. The first kappa shape index (κ1) is 11.8. The number of alkyl halides is 1. The van der Waals surface area contributed by atoms with Crippen LogP contribution in [0.1, 0.15) is 0 Å². The second kappa shape index (κ2) is 6.22. The molecule has 0 aromatic carbocycles. The van der Waals surface area contributed by atoms with Crippen LogP contribution in [0.2, 0.25) is 0 Å². The number of aromatic nitrogens is 1. The van der Waals surface area contributed by atoms with Crippen LogP contribution in [0.15, 0.2) is 27.6 Å². The fourth-order valence-electron chi connectivity index (χ4n) is 1.00. The fourth-order valence-corrected chi connectivity index (χ4v) is 1.49. The van der Waals surface area contributed by atoms with Crippen LogP contribution in [0, 0.1) is 0 Å². The highest BCUT2D eigenvalue weighted by Crippen LogP contribution is 2.00. The van der Waals surface area contributed by atoms with Gasteiger partial charge in [0.15, 0.2) is 0 Å². The lowest BCUT2D eigenvalue weighted by Crippen LogP contribution is -2.22. The van der Waals surface area contributed by atoms with E-state index >= 15 is 0 Å². The summed E-state index contributed by atoms with van der Waals surface area (Å²) in [7, 11) is 0. The molecule has 0 aliphatic heterocycles. The molecule has 1 heterocycles. The molecule has 1 aromatic rings. The van der Waals surface area contributed by atoms with E-state index in [0.29, 0.717) is 30.1 Å². The number of hydrogen-bond acceptors (Lipinski definition) is 2. The molecule has 78 valence electrons. The summed E-state index contributed by atoms with van der Waals surface area (Å²) in [5.41, 5.74) is -0.0398.